The van der Waals surface area contributed by atoms with Gasteiger partial charge in [-0.2, -0.15) is 0 Å². The Morgan fingerprint density at radius 2 is 2.05 bits per heavy atom. The summed E-state index contributed by atoms with van der Waals surface area (Å²) in [4.78, 5) is 15.6. The van der Waals surface area contributed by atoms with Crippen molar-refractivity contribution in [2.24, 2.45) is 0 Å². The number of Topliss-reactive ketones (excluding diaryl/α,β-unsaturated/α-hetero) is 1. The monoisotopic (exact) mass is 327 g/mol. The fourth-order valence-electron chi connectivity index (χ4n) is 2.39. The zero-order valence-electron chi connectivity index (χ0n) is 11.1. The molecule has 0 saturated carbocycles. The van der Waals surface area contributed by atoms with E-state index in [9.17, 15) is 4.79 Å². The van der Waals surface area contributed by atoms with Gasteiger partial charge in [-0.3, -0.25) is 4.79 Å². The van der Waals surface area contributed by atoms with Crippen LogP contribution in [0.1, 0.15) is 21.5 Å². The number of aromatic amines is 1. The molecule has 0 bridgehead atoms. The molecule has 0 atom stereocenters. The van der Waals surface area contributed by atoms with Crippen LogP contribution in [0.4, 0.5) is 0 Å². The van der Waals surface area contributed by atoms with Crippen LogP contribution in [0.15, 0.2) is 53.1 Å². The Balaban J connectivity index is 1.94. The van der Waals surface area contributed by atoms with Crippen LogP contribution >= 0.6 is 15.9 Å². The van der Waals surface area contributed by atoms with Gasteiger partial charge < -0.3 is 4.98 Å². The van der Waals surface area contributed by atoms with E-state index in [2.05, 4.69) is 27.0 Å². The second-order valence-electron chi connectivity index (χ2n) is 4.98. The molecule has 0 saturated heterocycles. The Hall–Kier alpha value is -1.87. The number of hydrogen-bond donors (Lipinski definition) is 1. The first-order valence-electron chi connectivity index (χ1n) is 6.49. The van der Waals surface area contributed by atoms with Gasteiger partial charge in [0.25, 0.3) is 0 Å². The molecular formula is C17H14BrNO. The number of H-pyrrole nitrogens is 1. The standard InChI is InChI=1S/C17H14BrNO/c1-11-5-6-16-14(7-11)15(10-19-16)17(20)9-12-3-2-4-13(18)8-12/h2-8,10,19H,9H2,1H3. The first-order chi connectivity index (χ1) is 9.63. The number of benzene rings is 2. The van der Waals surface area contributed by atoms with E-state index in [0.717, 1.165) is 32.1 Å². The van der Waals surface area contributed by atoms with Gasteiger partial charge in [-0.05, 0) is 36.8 Å². The van der Waals surface area contributed by atoms with Gasteiger partial charge in [0.1, 0.15) is 0 Å². The molecule has 0 aliphatic heterocycles. The third kappa shape index (κ3) is 2.54. The predicted octanol–water partition coefficient (Wildman–Crippen LogP) is 4.66. The SMILES string of the molecule is Cc1ccc2[nH]cc(C(=O)Cc3cccc(Br)c3)c2c1. The van der Waals surface area contributed by atoms with Crippen molar-refractivity contribution in [3.05, 3.63) is 69.8 Å². The summed E-state index contributed by atoms with van der Waals surface area (Å²) in [6.45, 7) is 2.04. The third-order valence-corrected chi connectivity index (χ3v) is 3.88. The zero-order chi connectivity index (χ0) is 14.1. The Kier molecular flexibility index (Phi) is 3.45. The number of rotatable bonds is 3. The summed E-state index contributed by atoms with van der Waals surface area (Å²) < 4.78 is 0.998. The van der Waals surface area contributed by atoms with Crippen molar-refractivity contribution < 1.29 is 4.79 Å². The minimum absolute atomic E-state index is 0.139. The first-order valence-corrected chi connectivity index (χ1v) is 7.28. The van der Waals surface area contributed by atoms with Gasteiger partial charge in [-0.25, -0.2) is 0 Å². The van der Waals surface area contributed by atoms with Crippen molar-refractivity contribution in [3.8, 4) is 0 Å². The molecule has 0 aliphatic carbocycles. The van der Waals surface area contributed by atoms with E-state index in [1.54, 1.807) is 0 Å². The normalized spacial score (nSPS) is 10.9. The molecule has 1 aromatic heterocycles. The lowest BCUT2D eigenvalue weighted by Crippen LogP contribution is -2.02. The summed E-state index contributed by atoms with van der Waals surface area (Å²) in [5, 5.41) is 1.00. The van der Waals surface area contributed by atoms with Crippen molar-refractivity contribution in [3.63, 3.8) is 0 Å². The highest BCUT2D eigenvalue weighted by Crippen LogP contribution is 2.22. The average molecular weight is 328 g/mol. The minimum atomic E-state index is 0.139. The highest BCUT2D eigenvalue weighted by molar-refractivity contribution is 9.10. The van der Waals surface area contributed by atoms with E-state index in [1.165, 1.54) is 0 Å². The number of halogens is 1. The van der Waals surface area contributed by atoms with Crippen LogP contribution in [-0.2, 0) is 6.42 Å². The van der Waals surface area contributed by atoms with Crippen LogP contribution in [-0.4, -0.2) is 10.8 Å². The Labute approximate surface area is 126 Å². The van der Waals surface area contributed by atoms with Gasteiger partial charge in [-0.1, -0.05) is 39.7 Å². The Bertz CT molecular complexity index is 789. The highest BCUT2D eigenvalue weighted by Gasteiger charge is 2.12. The molecule has 100 valence electrons. The van der Waals surface area contributed by atoms with Crippen LogP contribution in [0.25, 0.3) is 10.9 Å². The Morgan fingerprint density at radius 1 is 1.20 bits per heavy atom. The summed E-state index contributed by atoms with van der Waals surface area (Å²) in [7, 11) is 0. The van der Waals surface area contributed by atoms with Gasteiger partial charge in [0.2, 0.25) is 0 Å². The lowest BCUT2D eigenvalue weighted by atomic mass is 10.0. The lowest BCUT2D eigenvalue weighted by molar-refractivity contribution is 0.0994. The van der Waals surface area contributed by atoms with Crippen LogP contribution in [0.3, 0.4) is 0 Å². The first kappa shape index (κ1) is 13.1. The van der Waals surface area contributed by atoms with Crippen molar-refractivity contribution in [2.45, 2.75) is 13.3 Å². The number of aromatic nitrogens is 1. The molecule has 0 radical (unpaired) electrons. The number of ketones is 1. The van der Waals surface area contributed by atoms with E-state index in [0.29, 0.717) is 6.42 Å². The van der Waals surface area contributed by atoms with E-state index in [4.69, 9.17) is 0 Å². The van der Waals surface area contributed by atoms with Crippen LogP contribution in [0.2, 0.25) is 0 Å². The fourth-order valence-corrected chi connectivity index (χ4v) is 2.84. The molecule has 2 aromatic carbocycles. The van der Waals surface area contributed by atoms with Gasteiger partial charge >= 0.3 is 0 Å². The molecule has 1 N–H and O–H groups in total. The summed E-state index contributed by atoms with van der Waals surface area (Å²) in [6.07, 6.45) is 2.23. The maximum atomic E-state index is 12.5. The van der Waals surface area contributed by atoms with E-state index in [1.807, 2.05) is 49.5 Å². The van der Waals surface area contributed by atoms with Gasteiger partial charge in [0, 0.05) is 33.6 Å². The maximum Gasteiger partial charge on any atom is 0.169 e. The van der Waals surface area contributed by atoms with Gasteiger partial charge in [-0.15, -0.1) is 0 Å². The number of nitrogens with one attached hydrogen (secondary N) is 1. The molecule has 0 unspecified atom stereocenters. The van der Waals surface area contributed by atoms with Crippen molar-refractivity contribution in [1.82, 2.24) is 4.98 Å². The number of carbonyl (C=O) groups excluding carboxylic acids is 1. The largest absolute Gasteiger partial charge is 0.360 e. The highest BCUT2D eigenvalue weighted by atomic mass is 79.9. The number of aryl methyl sites for hydroxylation is 1. The number of fused-ring (bicyclic) bond motifs is 1. The Morgan fingerprint density at radius 3 is 2.85 bits per heavy atom. The quantitative estimate of drug-likeness (QED) is 0.697. The van der Waals surface area contributed by atoms with Crippen LogP contribution in [0, 0.1) is 6.92 Å². The summed E-state index contributed by atoms with van der Waals surface area (Å²) >= 11 is 3.43. The van der Waals surface area contributed by atoms with Crippen LogP contribution < -0.4 is 0 Å². The van der Waals surface area contributed by atoms with Crippen LogP contribution in [0.5, 0.6) is 0 Å². The number of hydrogen-bond acceptors (Lipinski definition) is 1. The summed E-state index contributed by atoms with van der Waals surface area (Å²) in [5.74, 6) is 0.139. The van der Waals surface area contributed by atoms with Gasteiger partial charge in [0.15, 0.2) is 5.78 Å². The van der Waals surface area contributed by atoms with Crippen molar-refractivity contribution >= 4 is 32.6 Å². The summed E-state index contributed by atoms with van der Waals surface area (Å²) in [6, 6.07) is 14.0. The average Bonchev–Trinajstić information content (AvgIpc) is 2.81. The van der Waals surface area contributed by atoms with E-state index in [-0.39, 0.29) is 5.78 Å². The molecule has 0 aliphatic rings. The van der Waals surface area contributed by atoms with Crippen molar-refractivity contribution in [1.29, 1.82) is 0 Å². The molecule has 3 heteroatoms. The molecule has 3 rings (SSSR count). The van der Waals surface area contributed by atoms with Crippen molar-refractivity contribution in [2.75, 3.05) is 0 Å². The number of carbonyl (C=O) groups is 1. The molecule has 0 spiro atoms. The molecule has 0 fully saturated rings. The third-order valence-electron chi connectivity index (χ3n) is 3.39. The minimum Gasteiger partial charge on any atom is -0.360 e. The molecule has 3 aromatic rings. The lowest BCUT2D eigenvalue weighted by Gasteiger charge is -2.02. The van der Waals surface area contributed by atoms with E-state index < -0.39 is 0 Å². The second-order valence-corrected chi connectivity index (χ2v) is 5.90. The smallest absolute Gasteiger partial charge is 0.169 e. The van der Waals surface area contributed by atoms with Gasteiger partial charge in [0.05, 0.1) is 0 Å². The summed E-state index contributed by atoms with van der Waals surface area (Å²) in [5.41, 5.74) is 3.96. The van der Waals surface area contributed by atoms with E-state index >= 15 is 0 Å². The molecular weight excluding hydrogens is 314 g/mol. The molecule has 2 nitrogen and oxygen atoms in total. The molecule has 0 amide bonds. The zero-order valence-corrected chi connectivity index (χ0v) is 12.7. The fraction of sp³-hybridized carbons (Fsp3) is 0.118. The second kappa shape index (κ2) is 5.25. The predicted molar refractivity (Wildman–Crippen MR) is 85.2 cm³/mol. The maximum absolute atomic E-state index is 12.5. The molecule has 1 heterocycles. The topological polar surface area (TPSA) is 32.9 Å². The molecule has 20 heavy (non-hydrogen) atoms.